The van der Waals surface area contributed by atoms with Crippen LogP contribution in [0.4, 0.5) is 5.69 Å². The largest absolute Gasteiger partial charge is 0.293 e. The lowest BCUT2D eigenvalue weighted by atomic mass is 9.97. The standard InChI is InChI=1S/C17H16ClN3O3S/c1-17(2,3)20(9-22)21-11-4-5-12(18)19-14(11)13(16(21)24)15(23)10-6-7-25-8-10/h4-9,13H,1-3H3. The molecule has 0 N–H and O–H groups in total. The number of hydrogen-bond donors (Lipinski definition) is 0. The third-order valence-electron chi connectivity index (χ3n) is 3.90. The molecule has 130 valence electrons. The lowest BCUT2D eigenvalue weighted by molar-refractivity contribution is -0.132. The Labute approximate surface area is 154 Å². The Morgan fingerprint density at radius 2 is 2.08 bits per heavy atom. The number of pyridine rings is 1. The molecule has 2 aromatic heterocycles. The third-order valence-corrected chi connectivity index (χ3v) is 4.79. The molecular weight excluding hydrogens is 362 g/mol. The van der Waals surface area contributed by atoms with E-state index in [4.69, 9.17) is 11.6 Å². The highest BCUT2D eigenvalue weighted by Gasteiger charge is 2.47. The number of nitrogens with zero attached hydrogens (tertiary/aromatic N) is 3. The van der Waals surface area contributed by atoms with Gasteiger partial charge in [-0.25, -0.2) is 15.0 Å². The van der Waals surface area contributed by atoms with Crippen LogP contribution < -0.4 is 5.01 Å². The van der Waals surface area contributed by atoms with Gasteiger partial charge in [0, 0.05) is 10.9 Å². The van der Waals surface area contributed by atoms with Crippen molar-refractivity contribution in [1.82, 2.24) is 9.99 Å². The van der Waals surface area contributed by atoms with E-state index in [1.807, 2.05) is 0 Å². The second-order valence-electron chi connectivity index (χ2n) is 6.62. The van der Waals surface area contributed by atoms with Gasteiger partial charge in [0.15, 0.2) is 5.78 Å². The first-order valence-corrected chi connectivity index (χ1v) is 8.89. The molecule has 0 aromatic carbocycles. The Kier molecular flexibility index (Phi) is 4.38. The van der Waals surface area contributed by atoms with Crippen LogP contribution in [0.3, 0.4) is 0 Å². The van der Waals surface area contributed by atoms with Gasteiger partial charge >= 0.3 is 0 Å². The Bertz CT molecular complexity index is 845. The van der Waals surface area contributed by atoms with Crippen LogP contribution in [-0.4, -0.2) is 33.6 Å². The Morgan fingerprint density at radius 1 is 1.36 bits per heavy atom. The number of anilines is 1. The van der Waals surface area contributed by atoms with E-state index in [1.54, 1.807) is 43.7 Å². The maximum Gasteiger partial charge on any atom is 0.263 e. The van der Waals surface area contributed by atoms with Gasteiger partial charge in [-0.3, -0.25) is 14.4 Å². The van der Waals surface area contributed by atoms with Gasteiger partial charge in [-0.05, 0) is 44.4 Å². The molecule has 0 saturated heterocycles. The molecule has 1 atom stereocenters. The molecule has 3 heterocycles. The van der Waals surface area contributed by atoms with Crippen LogP contribution in [0.15, 0.2) is 29.0 Å². The molecule has 1 unspecified atom stereocenters. The van der Waals surface area contributed by atoms with Gasteiger partial charge in [-0.15, -0.1) is 0 Å². The number of halogens is 1. The van der Waals surface area contributed by atoms with Crippen molar-refractivity contribution in [1.29, 1.82) is 0 Å². The highest BCUT2D eigenvalue weighted by molar-refractivity contribution is 7.08. The van der Waals surface area contributed by atoms with Crippen LogP contribution in [0.1, 0.15) is 42.7 Å². The second-order valence-corrected chi connectivity index (χ2v) is 7.79. The highest BCUT2D eigenvalue weighted by Crippen LogP contribution is 2.40. The summed E-state index contributed by atoms with van der Waals surface area (Å²) in [4.78, 5) is 41.8. The van der Waals surface area contributed by atoms with Crippen molar-refractivity contribution in [2.75, 3.05) is 5.01 Å². The number of rotatable bonds is 4. The van der Waals surface area contributed by atoms with Crippen molar-refractivity contribution >= 4 is 46.7 Å². The summed E-state index contributed by atoms with van der Waals surface area (Å²) in [5.41, 5.74) is 0.440. The summed E-state index contributed by atoms with van der Waals surface area (Å²) >= 11 is 7.35. The Morgan fingerprint density at radius 3 is 2.64 bits per heavy atom. The van der Waals surface area contributed by atoms with Crippen molar-refractivity contribution in [2.45, 2.75) is 32.2 Å². The maximum atomic E-state index is 13.1. The highest BCUT2D eigenvalue weighted by atomic mass is 35.5. The summed E-state index contributed by atoms with van der Waals surface area (Å²) in [6.45, 7) is 5.39. The number of fused-ring (bicyclic) bond motifs is 1. The summed E-state index contributed by atoms with van der Waals surface area (Å²) in [7, 11) is 0. The monoisotopic (exact) mass is 377 g/mol. The van der Waals surface area contributed by atoms with Crippen molar-refractivity contribution < 1.29 is 14.4 Å². The molecule has 0 fully saturated rings. The van der Waals surface area contributed by atoms with Gasteiger partial charge in [0.05, 0.1) is 16.9 Å². The first-order chi connectivity index (χ1) is 11.8. The normalized spacial score (nSPS) is 16.7. The second kappa shape index (κ2) is 6.24. The number of carbonyl (C=O) groups excluding carboxylic acids is 3. The fraction of sp³-hybridized carbons (Fsp3) is 0.294. The number of ketones is 1. The van der Waals surface area contributed by atoms with E-state index in [0.717, 1.165) is 0 Å². The van der Waals surface area contributed by atoms with Crippen LogP contribution in [0.25, 0.3) is 0 Å². The van der Waals surface area contributed by atoms with Crippen LogP contribution in [0.2, 0.25) is 5.15 Å². The molecule has 2 aromatic rings. The average molecular weight is 378 g/mol. The zero-order valence-corrected chi connectivity index (χ0v) is 15.5. The van der Waals surface area contributed by atoms with Crippen LogP contribution in [0.5, 0.6) is 0 Å². The summed E-state index contributed by atoms with van der Waals surface area (Å²) in [6, 6.07) is 4.80. The minimum atomic E-state index is -1.12. The van der Waals surface area contributed by atoms with Gasteiger partial charge in [-0.1, -0.05) is 11.6 Å². The molecule has 3 rings (SSSR count). The van der Waals surface area contributed by atoms with Crippen LogP contribution in [-0.2, 0) is 9.59 Å². The zero-order chi connectivity index (χ0) is 18.4. The van der Waals surface area contributed by atoms with Gasteiger partial charge in [0.2, 0.25) is 6.41 Å². The van der Waals surface area contributed by atoms with E-state index in [1.165, 1.54) is 27.4 Å². The lowest BCUT2D eigenvalue weighted by Gasteiger charge is -2.38. The molecule has 25 heavy (non-hydrogen) atoms. The third kappa shape index (κ3) is 2.94. The smallest absolute Gasteiger partial charge is 0.263 e. The molecule has 0 saturated carbocycles. The molecule has 2 amide bonds. The van der Waals surface area contributed by atoms with Gasteiger partial charge in [0.1, 0.15) is 11.1 Å². The molecule has 0 bridgehead atoms. The topological polar surface area (TPSA) is 70.6 Å². The predicted molar refractivity (Wildman–Crippen MR) is 95.8 cm³/mol. The first kappa shape index (κ1) is 17.6. The molecule has 1 aliphatic heterocycles. The molecule has 0 aliphatic carbocycles. The lowest BCUT2D eigenvalue weighted by Crippen LogP contribution is -2.54. The Hall–Kier alpha value is -2.25. The molecular formula is C17H16ClN3O3S. The van der Waals surface area contributed by atoms with E-state index >= 15 is 0 Å². The molecule has 8 heteroatoms. The van der Waals surface area contributed by atoms with Gasteiger partial charge in [-0.2, -0.15) is 11.3 Å². The van der Waals surface area contributed by atoms with Gasteiger partial charge < -0.3 is 0 Å². The molecule has 0 spiro atoms. The maximum absolute atomic E-state index is 13.1. The molecule has 1 aliphatic rings. The summed E-state index contributed by atoms with van der Waals surface area (Å²) < 4.78 is 0. The SMILES string of the molecule is CC(C)(C)N(C=O)N1C(=O)C(C(=O)c2ccsc2)c2nc(Cl)ccc21. The van der Waals surface area contributed by atoms with Crippen molar-refractivity contribution in [3.05, 3.63) is 45.4 Å². The zero-order valence-electron chi connectivity index (χ0n) is 13.9. The summed E-state index contributed by atoms with van der Waals surface area (Å²) in [6.07, 6.45) is 0.577. The number of carbonyl (C=O) groups is 3. The number of amides is 2. The quantitative estimate of drug-likeness (QED) is 0.355. The van der Waals surface area contributed by atoms with E-state index < -0.39 is 17.4 Å². The molecule has 0 radical (unpaired) electrons. The van der Waals surface area contributed by atoms with Crippen molar-refractivity contribution in [3.8, 4) is 0 Å². The predicted octanol–water partition coefficient (Wildman–Crippen LogP) is 3.28. The number of hydrogen-bond acceptors (Lipinski definition) is 5. The fourth-order valence-electron chi connectivity index (χ4n) is 2.73. The Balaban J connectivity index is 2.14. The van der Waals surface area contributed by atoms with E-state index in [-0.39, 0.29) is 16.6 Å². The van der Waals surface area contributed by atoms with Crippen LogP contribution >= 0.6 is 22.9 Å². The number of hydrazine groups is 1. The first-order valence-electron chi connectivity index (χ1n) is 7.57. The number of aromatic nitrogens is 1. The minimum absolute atomic E-state index is 0.185. The van der Waals surface area contributed by atoms with Gasteiger partial charge in [0.25, 0.3) is 5.91 Å². The van der Waals surface area contributed by atoms with E-state index in [0.29, 0.717) is 17.7 Å². The minimum Gasteiger partial charge on any atom is -0.293 e. The molecule has 6 nitrogen and oxygen atoms in total. The summed E-state index contributed by atoms with van der Waals surface area (Å²) in [5, 5.41) is 6.13. The number of Topliss-reactive ketones (excluding diaryl/α,β-unsaturated/α-hetero) is 1. The number of thiophene rings is 1. The van der Waals surface area contributed by atoms with E-state index in [9.17, 15) is 14.4 Å². The fourth-order valence-corrected chi connectivity index (χ4v) is 3.53. The van der Waals surface area contributed by atoms with Crippen molar-refractivity contribution in [2.24, 2.45) is 0 Å². The van der Waals surface area contributed by atoms with E-state index in [2.05, 4.69) is 4.98 Å². The average Bonchev–Trinajstić information content (AvgIpc) is 3.14. The summed E-state index contributed by atoms with van der Waals surface area (Å²) in [5.74, 6) is -1.99. The van der Waals surface area contributed by atoms with Crippen molar-refractivity contribution in [3.63, 3.8) is 0 Å². The van der Waals surface area contributed by atoms with Crippen LogP contribution in [0, 0.1) is 0 Å².